The molecule has 5 heteroatoms. The van der Waals surface area contributed by atoms with Gasteiger partial charge in [0.1, 0.15) is 5.82 Å². The molecule has 1 aliphatic rings. The van der Waals surface area contributed by atoms with Crippen LogP contribution in [0.2, 0.25) is 0 Å². The molecule has 1 fully saturated rings. The average molecular weight is 280 g/mol. The second-order valence-electron chi connectivity index (χ2n) is 4.94. The number of halogens is 1. The van der Waals surface area contributed by atoms with Gasteiger partial charge < -0.3 is 15.0 Å². The van der Waals surface area contributed by atoms with Crippen LogP contribution in [-0.2, 0) is 4.74 Å². The summed E-state index contributed by atoms with van der Waals surface area (Å²) in [6.07, 6.45) is 1.95. The van der Waals surface area contributed by atoms with Crippen LogP contribution in [0.15, 0.2) is 18.2 Å². The predicted octanol–water partition coefficient (Wildman–Crippen LogP) is 2.51. The highest BCUT2D eigenvalue weighted by Gasteiger charge is 2.26. The van der Waals surface area contributed by atoms with Crippen LogP contribution in [0.5, 0.6) is 0 Å². The number of benzene rings is 1. The van der Waals surface area contributed by atoms with Crippen molar-refractivity contribution in [3.63, 3.8) is 0 Å². The third kappa shape index (κ3) is 3.10. The molecule has 0 saturated carbocycles. The molecule has 0 radical (unpaired) electrons. The first-order chi connectivity index (χ1) is 9.67. The van der Waals surface area contributed by atoms with Gasteiger partial charge in [-0.3, -0.25) is 4.79 Å². The first kappa shape index (κ1) is 14.8. The van der Waals surface area contributed by atoms with E-state index in [9.17, 15) is 9.18 Å². The fourth-order valence-corrected chi connectivity index (χ4v) is 2.54. The van der Waals surface area contributed by atoms with E-state index in [0.717, 1.165) is 12.8 Å². The molecule has 4 nitrogen and oxygen atoms in total. The van der Waals surface area contributed by atoms with E-state index in [-0.39, 0.29) is 12.0 Å². The number of anilines is 1. The van der Waals surface area contributed by atoms with Crippen molar-refractivity contribution in [2.75, 3.05) is 32.1 Å². The predicted molar refractivity (Wildman–Crippen MR) is 76.5 cm³/mol. The first-order valence-corrected chi connectivity index (χ1v) is 7.01. The van der Waals surface area contributed by atoms with Crippen LogP contribution in [0.3, 0.4) is 0 Å². The Morgan fingerprint density at radius 1 is 1.55 bits per heavy atom. The van der Waals surface area contributed by atoms with E-state index in [4.69, 9.17) is 4.74 Å². The van der Waals surface area contributed by atoms with E-state index in [0.29, 0.717) is 30.9 Å². The summed E-state index contributed by atoms with van der Waals surface area (Å²) in [5, 5.41) is 2.94. The van der Waals surface area contributed by atoms with Gasteiger partial charge in [-0.15, -0.1) is 0 Å². The molecule has 1 N–H and O–H groups in total. The molecule has 0 spiro atoms. The van der Waals surface area contributed by atoms with Crippen LogP contribution in [0, 0.1) is 5.82 Å². The molecule has 1 aliphatic heterocycles. The second kappa shape index (κ2) is 6.70. The zero-order chi connectivity index (χ0) is 14.5. The van der Waals surface area contributed by atoms with E-state index < -0.39 is 5.82 Å². The molecule has 0 aromatic heterocycles. The largest absolute Gasteiger partial charge is 0.382 e. The number of piperidine rings is 1. The fraction of sp³-hybridized carbons (Fsp3) is 0.533. The highest BCUT2D eigenvalue weighted by Crippen LogP contribution is 2.23. The van der Waals surface area contributed by atoms with Crippen molar-refractivity contribution >= 4 is 11.6 Å². The highest BCUT2D eigenvalue weighted by molar-refractivity contribution is 5.99. The number of nitrogens with zero attached hydrogens (tertiary/aromatic N) is 1. The Balaban J connectivity index is 2.22. The van der Waals surface area contributed by atoms with E-state index in [1.807, 2.05) is 6.92 Å². The van der Waals surface area contributed by atoms with Crippen molar-refractivity contribution in [3.8, 4) is 0 Å². The SMILES string of the molecule is CCNc1c(F)cccc1C(=O)N1CCCC(OC)C1. The van der Waals surface area contributed by atoms with Crippen LogP contribution in [0.25, 0.3) is 0 Å². The zero-order valence-corrected chi connectivity index (χ0v) is 12.0. The molecule has 1 aromatic rings. The van der Waals surface area contributed by atoms with Crippen molar-refractivity contribution in [3.05, 3.63) is 29.6 Å². The molecular formula is C15H21FN2O2. The van der Waals surface area contributed by atoms with Gasteiger partial charge in [-0.2, -0.15) is 0 Å². The molecule has 0 aliphatic carbocycles. The molecule has 1 unspecified atom stereocenters. The normalized spacial score (nSPS) is 18.9. The molecule has 1 heterocycles. The van der Waals surface area contributed by atoms with Crippen molar-refractivity contribution in [1.29, 1.82) is 0 Å². The van der Waals surface area contributed by atoms with Crippen LogP contribution < -0.4 is 5.32 Å². The number of hydrogen-bond donors (Lipinski definition) is 1. The lowest BCUT2D eigenvalue weighted by molar-refractivity contribution is 0.0269. The molecule has 20 heavy (non-hydrogen) atoms. The number of para-hydroxylation sites is 1. The number of hydrogen-bond acceptors (Lipinski definition) is 3. The monoisotopic (exact) mass is 280 g/mol. The Kier molecular flexibility index (Phi) is 4.95. The summed E-state index contributed by atoms with van der Waals surface area (Å²) >= 11 is 0. The smallest absolute Gasteiger partial charge is 0.256 e. The quantitative estimate of drug-likeness (QED) is 0.921. The van der Waals surface area contributed by atoms with Gasteiger partial charge in [0.05, 0.1) is 17.4 Å². The van der Waals surface area contributed by atoms with Gasteiger partial charge in [0.25, 0.3) is 5.91 Å². The fourth-order valence-electron chi connectivity index (χ4n) is 2.54. The zero-order valence-electron chi connectivity index (χ0n) is 12.0. The summed E-state index contributed by atoms with van der Waals surface area (Å²) in [6, 6.07) is 4.60. The summed E-state index contributed by atoms with van der Waals surface area (Å²) in [5.41, 5.74) is 0.683. The molecule has 1 aromatic carbocycles. The molecule has 1 saturated heterocycles. The minimum Gasteiger partial charge on any atom is -0.382 e. The van der Waals surface area contributed by atoms with Crippen molar-refractivity contribution in [2.24, 2.45) is 0 Å². The van der Waals surface area contributed by atoms with Crippen LogP contribution in [0.4, 0.5) is 10.1 Å². The highest BCUT2D eigenvalue weighted by atomic mass is 19.1. The van der Waals surface area contributed by atoms with Crippen molar-refractivity contribution in [1.82, 2.24) is 4.90 Å². The first-order valence-electron chi connectivity index (χ1n) is 7.01. The maximum Gasteiger partial charge on any atom is 0.256 e. The van der Waals surface area contributed by atoms with Gasteiger partial charge in [-0.1, -0.05) is 6.07 Å². The van der Waals surface area contributed by atoms with Gasteiger partial charge >= 0.3 is 0 Å². The minimum absolute atomic E-state index is 0.0730. The number of methoxy groups -OCH3 is 1. The lowest BCUT2D eigenvalue weighted by atomic mass is 10.1. The summed E-state index contributed by atoms with van der Waals surface area (Å²) in [5.74, 6) is -0.528. The molecule has 1 atom stereocenters. The Morgan fingerprint density at radius 3 is 3.05 bits per heavy atom. The van der Waals surface area contributed by atoms with Crippen molar-refractivity contribution in [2.45, 2.75) is 25.9 Å². The Bertz CT molecular complexity index is 479. The van der Waals surface area contributed by atoms with Gasteiger partial charge in [0, 0.05) is 26.7 Å². The number of carbonyl (C=O) groups is 1. The topological polar surface area (TPSA) is 41.6 Å². The Labute approximate surface area is 118 Å². The summed E-state index contributed by atoms with van der Waals surface area (Å²) in [4.78, 5) is 14.3. The number of amides is 1. The van der Waals surface area contributed by atoms with Gasteiger partial charge in [0.15, 0.2) is 0 Å². The lowest BCUT2D eigenvalue weighted by Gasteiger charge is -2.32. The number of rotatable bonds is 4. The van der Waals surface area contributed by atoms with Gasteiger partial charge in [0.2, 0.25) is 0 Å². The summed E-state index contributed by atoms with van der Waals surface area (Å²) in [6.45, 7) is 3.71. The number of carbonyl (C=O) groups excluding carboxylic acids is 1. The summed E-state index contributed by atoms with van der Waals surface area (Å²) in [7, 11) is 1.66. The molecular weight excluding hydrogens is 259 g/mol. The van der Waals surface area contributed by atoms with Crippen LogP contribution in [0.1, 0.15) is 30.1 Å². The van der Waals surface area contributed by atoms with E-state index >= 15 is 0 Å². The molecule has 110 valence electrons. The van der Waals surface area contributed by atoms with Crippen LogP contribution >= 0.6 is 0 Å². The average Bonchev–Trinajstić information content (AvgIpc) is 2.49. The minimum atomic E-state index is -0.391. The Hall–Kier alpha value is -1.62. The lowest BCUT2D eigenvalue weighted by Crippen LogP contribution is -2.43. The second-order valence-corrected chi connectivity index (χ2v) is 4.94. The maximum absolute atomic E-state index is 13.8. The van der Waals surface area contributed by atoms with E-state index in [2.05, 4.69) is 5.32 Å². The van der Waals surface area contributed by atoms with E-state index in [1.54, 1.807) is 24.1 Å². The molecule has 2 rings (SSSR count). The Morgan fingerprint density at radius 2 is 2.35 bits per heavy atom. The maximum atomic E-state index is 13.8. The van der Waals surface area contributed by atoms with Crippen LogP contribution in [-0.4, -0.2) is 43.7 Å². The number of nitrogens with one attached hydrogen (secondary N) is 1. The number of likely N-dealkylation sites (tertiary alicyclic amines) is 1. The molecule has 0 bridgehead atoms. The third-order valence-electron chi connectivity index (χ3n) is 3.60. The number of ether oxygens (including phenoxy) is 1. The van der Waals surface area contributed by atoms with Gasteiger partial charge in [-0.25, -0.2) is 4.39 Å². The van der Waals surface area contributed by atoms with E-state index in [1.165, 1.54) is 6.07 Å². The van der Waals surface area contributed by atoms with Gasteiger partial charge in [-0.05, 0) is 31.9 Å². The summed E-state index contributed by atoms with van der Waals surface area (Å²) < 4.78 is 19.2. The standard InChI is InChI=1S/C15H21FN2O2/c1-3-17-14-12(7-4-8-13(14)16)15(19)18-9-5-6-11(10-18)20-2/h4,7-8,11,17H,3,5-6,9-10H2,1-2H3. The third-order valence-corrected chi connectivity index (χ3v) is 3.60. The molecule has 1 amide bonds. The van der Waals surface area contributed by atoms with Crippen molar-refractivity contribution < 1.29 is 13.9 Å².